The Bertz CT molecular complexity index is 516. The van der Waals surface area contributed by atoms with E-state index in [9.17, 15) is 4.79 Å². The lowest BCUT2D eigenvalue weighted by Gasteiger charge is -2.43. The second kappa shape index (κ2) is 7.48. The van der Waals surface area contributed by atoms with E-state index < -0.39 is 0 Å². The Morgan fingerprint density at radius 1 is 1.22 bits per heavy atom. The number of methoxy groups -OCH3 is 1. The summed E-state index contributed by atoms with van der Waals surface area (Å²) < 4.78 is 4.75. The van der Waals surface area contributed by atoms with E-state index in [2.05, 4.69) is 42.3 Å². The maximum absolute atomic E-state index is 11.3. The van der Waals surface area contributed by atoms with Gasteiger partial charge in [0.05, 0.1) is 7.11 Å². The quantitative estimate of drug-likeness (QED) is 0.587. The zero-order valence-corrected chi connectivity index (χ0v) is 14.4. The van der Waals surface area contributed by atoms with E-state index in [0.29, 0.717) is 12.3 Å². The molecule has 2 aliphatic heterocycles. The van der Waals surface area contributed by atoms with Crippen LogP contribution in [-0.4, -0.2) is 37.1 Å². The van der Waals surface area contributed by atoms with E-state index in [0.717, 1.165) is 30.8 Å². The van der Waals surface area contributed by atoms with E-state index in [4.69, 9.17) is 4.74 Å². The summed E-state index contributed by atoms with van der Waals surface area (Å²) in [4.78, 5) is 13.9. The average Bonchev–Trinajstić information content (AvgIpc) is 2.83. The molecule has 2 bridgehead atoms. The zero-order chi connectivity index (χ0) is 16.2. The van der Waals surface area contributed by atoms with Crippen molar-refractivity contribution in [3.05, 3.63) is 35.9 Å². The third kappa shape index (κ3) is 3.60. The van der Waals surface area contributed by atoms with Crippen LogP contribution in [0, 0.1) is 5.92 Å². The summed E-state index contributed by atoms with van der Waals surface area (Å²) in [7, 11) is 3.79. The molecular formula is C20H29NO2. The van der Waals surface area contributed by atoms with Gasteiger partial charge in [-0.1, -0.05) is 36.8 Å². The van der Waals surface area contributed by atoms with E-state index in [1.807, 2.05) is 0 Å². The first kappa shape index (κ1) is 16.5. The number of esters is 1. The number of ether oxygens (including phenoxy) is 1. The van der Waals surface area contributed by atoms with Gasteiger partial charge in [-0.3, -0.25) is 4.79 Å². The molecule has 0 spiro atoms. The molecule has 1 aromatic rings. The van der Waals surface area contributed by atoms with Crippen LogP contribution in [0.4, 0.5) is 0 Å². The predicted molar refractivity (Wildman–Crippen MR) is 92.3 cm³/mol. The van der Waals surface area contributed by atoms with Crippen LogP contribution in [0.2, 0.25) is 0 Å². The first-order valence-corrected chi connectivity index (χ1v) is 9.04. The van der Waals surface area contributed by atoms with Gasteiger partial charge in [0.15, 0.2) is 0 Å². The van der Waals surface area contributed by atoms with E-state index in [-0.39, 0.29) is 5.97 Å². The van der Waals surface area contributed by atoms with Gasteiger partial charge >= 0.3 is 5.97 Å². The Balaban J connectivity index is 1.66. The summed E-state index contributed by atoms with van der Waals surface area (Å²) in [5, 5.41) is 0. The molecule has 3 heteroatoms. The van der Waals surface area contributed by atoms with Gasteiger partial charge < -0.3 is 9.64 Å². The Labute approximate surface area is 140 Å². The van der Waals surface area contributed by atoms with E-state index >= 15 is 0 Å². The van der Waals surface area contributed by atoms with E-state index in [1.54, 1.807) is 0 Å². The van der Waals surface area contributed by atoms with Gasteiger partial charge in [-0.05, 0) is 56.6 Å². The molecule has 0 radical (unpaired) electrons. The van der Waals surface area contributed by atoms with Gasteiger partial charge in [-0.25, -0.2) is 0 Å². The third-order valence-corrected chi connectivity index (χ3v) is 6.06. The maximum Gasteiger partial charge on any atom is 0.305 e. The number of fused-ring (bicyclic) bond motifs is 2. The SMILES string of the molecule is COC(=O)CCCCC1C(c2ccccc2)C[C@@H]2CC[C@H]1N2C. The Morgan fingerprint density at radius 2 is 2.00 bits per heavy atom. The minimum atomic E-state index is -0.0775. The van der Waals surface area contributed by atoms with Crippen molar-refractivity contribution in [3.8, 4) is 0 Å². The lowest BCUT2D eigenvalue weighted by Crippen LogP contribution is -2.45. The molecule has 126 valence electrons. The number of carbonyl (C=O) groups excluding carboxylic acids is 1. The third-order valence-electron chi connectivity index (χ3n) is 6.06. The summed E-state index contributed by atoms with van der Waals surface area (Å²) in [6.45, 7) is 0. The molecule has 2 heterocycles. The van der Waals surface area contributed by atoms with Crippen molar-refractivity contribution in [2.24, 2.45) is 5.92 Å². The van der Waals surface area contributed by atoms with Crippen molar-refractivity contribution in [2.45, 2.75) is 62.9 Å². The molecule has 0 aromatic heterocycles. The number of nitrogens with zero attached hydrogens (tertiary/aromatic N) is 1. The molecule has 0 saturated carbocycles. The molecule has 1 aromatic carbocycles. The summed E-state index contributed by atoms with van der Waals surface area (Å²) in [5.41, 5.74) is 1.51. The van der Waals surface area contributed by atoms with Gasteiger partial charge in [0.2, 0.25) is 0 Å². The smallest absolute Gasteiger partial charge is 0.305 e. The van der Waals surface area contributed by atoms with Crippen molar-refractivity contribution in [3.63, 3.8) is 0 Å². The number of hydrogen-bond acceptors (Lipinski definition) is 3. The number of unbranched alkanes of at least 4 members (excludes halogenated alkanes) is 1. The Kier molecular flexibility index (Phi) is 5.37. The molecule has 2 fully saturated rings. The lowest BCUT2D eigenvalue weighted by atomic mass is 9.74. The molecule has 0 N–H and O–H groups in total. The van der Waals surface area contributed by atoms with Crippen molar-refractivity contribution in [1.29, 1.82) is 0 Å². The van der Waals surface area contributed by atoms with Crippen molar-refractivity contribution in [2.75, 3.05) is 14.2 Å². The Hall–Kier alpha value is -1.35. The summed E-state index contributed by atoms with van der Waals surface area (Å²) in [5.74, 6) is 1.33. The molecule has 23 heavy (non-hydrogen) atoms. The van der Waals surface area contributed by atoms with Crippen molar-refractivity contribution >= 4 is 5.97 Å². The topological polar surface area (TPSA) is 29.5 Å². The van der Waals surface area contributed by atoms with Crippen LogP contribution in [0.1, 0.15) is 56.4 Å². The van der Waals surface area contributed by atoms with Crippen LogP contribution in [0.3, 0.4) is 0 Å². The van der Waals surface area contributed by atoms with Gasteiger partial charge in [-0.15, -0.1) is 0 Å². The summed E-state index contributed by atoms with van der Waals surface area (Å²) in [6.07, 6.45) is 7.83. The Morgan fingerprint density at radius 3 is 2.74 bits per heavy atom. The molecule has 0 aliphatic carbocycles. The highest BCUT2D eigenvalue weighted by molar-refractivity contribution is 5.68. The molecule has 3 nitrogen and oxygen atoms in total. The summed E-state index contributed by atoms with van der Waals surface area (Å²) >= 11 is 0. The standard InChI is InChI=1S/C20H29NO2/c1-21-16-12-13-19(21)17(10-6-7-11-20(22)23-2)18(14-16)15-8-4-3-5-9-15/h3-5,8-9,16-19H,6-7,10-14H2,1-2H3/t16-,17?,18?,19+/m0/s1. The van der Waals surface area contributed by atoms with Crippen LogP contribution < -0.4 is 0 Å². The predicted octanol–water partition coefficient (Wildman–Crippen LogP) is 3.99. The zero-order valence-electron chi connectivity index (χ0n) is 14.4. The molecule has 0 amide bonds. The highest BCUT2D eigenvalue weighted by Crippen LogP contribution is 2.47. The van der Waals surface area contributed by atoms with Gasteiger partial charge in [0.25, 0.3) is 0 Å². The normalized spacial score (nSPS) is 30.3. The second-order valence-electron chi connectivity index (χ2n) is 7.20. The summed E-state index contributed by atoms with van der Waals surface area (Å²) in [6, 6.07) is 12.5. The highest BCUT2D eigenvalue weighted by atomic mass is 16.5. The second-order valence-corrected chi connectivity index (χ2v) is 7.20. The minimum absolute atomic E-state index is 0.0775. The van der Waals surface area contributed by atoms with Crippen LogP contribution >= 0.6 is 0 Å². The fraction of sp³-hybridized carbons (Fsp3) is 0.650. The van der Waals surface area contributed by atoms with E-state index in [1.165, 1.54) is 38.4 Å². The maximum atomic E-state index is 11.3. The molecule has 4 atom stereocenters. The highest BCUT2D eigenvalue weighted by Gasteiger charge is 2.45. The van der Waals surface area contributed by atoms with Crippen molar-refractivity contribution < 1.29 is 9.53 Å². The van der Waals surface area contributed by atoms with Crippen molar-refractivity contribution in [1.82, 2.24) is 4.90 Å². The fourth-order valence-electron chi connectivity index (χ4n) is 4.81. The number of piperidine rings is 1. The lowest BCUT2D eigenvalue weighted by molar-refractivity contribution is -0.140. The largest absolute Gasteiger partial charge is 0.469 e. The average molecular weight is 315 g/mol. The molecule has 2 unspecified atom stereocenters. The molecule has 2 saturated heterocycles. The van der Waals surface area contributed by atoms with Crippen LogP contribution in [0.5, 0.6) is 0 Å². The fourth-order valence-corrected chi connectivity index (χ4v) is 4.81. The number of rotatable bonds is 6. The van der Waals surface area contributed by atoms with Crippen LogP contribution in [-0.2, 0) is 9.53 Å². The van der Waals surface area contributed by atoms with Crippen LogP contribution in [0.25, 0.3) is 0 Å². The monoisotopic (exact) mass is 315 g/mol. The molecule has 2 aliphatic rings. The number of benzene rings is 1. The molecular weight excluding hydrogens is 286 g/mol. The first-order chi connectivity index (χ1) is 11.2. The van der Waals surface area contributed by atoms with Gasteiger partial charge in [0.1, 0.15) is 0 Å². The number of hydrogen-bond donors (Lipinski definition) is 0. The number of carbonyl (C=O) groups is 1. The first-order valence-electron chi connectivity index (χ1n) is 9.04. The van der Waals surface area contributed by atoms with Crippen LogP contribution in [0.15, 0.2) is 30.3 Å². The molecule has 3 rings (SSSR count). The minimum Gasteiger partial charge on any atom is -0.469 e. The van der Waals surface area contributed by atoms with Gasteiger partial charge in [-0.2, -0.15) is 0 Å². The van der Waals surface area contributed by atoms with Gasteiger partial charge in [0, 0.05) is 18.5 Å².